The molecule has 166 valence electrons. The van der Waals surface area contributed by atoms with E-state index in [1.807, 2.05) is 55.1 Å². The van der Waals surface area contributed by atoms with Crippen LogP contribution in [-0.4, -0.2) is 26.1 Å². The summed E-state index contributed by atoms with van der Waals surface area (Å²) in [5.41, 5.74) is 7.56. The fourth-order valence-electron chi connectivity index (χ4n) is 4.59. The lowest BCUT2D eigenvalue weighted by atomic mass is 9.94. The minimum atomic E-state index is -0.323. The maximum atomic E-state index is 13.6. The SMILES string of the molecule is Cc1ccc(CN2C(=O)c3[nH]nc(-c4cc(C)cc(C)c4O)c3C2c2ccc(Br)cc2)cc1. The number of nitrogens with zero attached hydrogens (tertiary/aromatic N) is 2. The van der Waals surface area contributed by atoms with E-state index < -0.39 is 0 Å². The predicted octanol–water partition coefficient (Wildman–Crippen LogP) is 6.22. The number of nitrogens with one attached hydrogen (secondary N) is 1. The van der Waals surface area contributed by atoms with Crippen LogP contribution < -0.4 is 0 Å². The van der Waals surface area contributed by atoms with Gasteiger partial charge in [0.1, 0.15) is 17.1 Å². The molecule has 1 amide bonds. The van der Waals surface area contributed by atoms with Crippen molar-refractivity contribution < 1.29 is 9.90 Å². The first kappa shape index (κ1) is 21.5. The summed E-state index contributed by atoms with van der Waals surface area (Å²) in [4.78, 5) is 15.4. The van der Waals surface area contributed by atoms with Gasteiger partial charge in [-0.05, 0) is 61.2 Å². The number of hydrogen-bond acceptors (Lipinski definition) is 3. The van der Waals surface area contributed by atoms with Gasteiger partial charge in [-0.25, -0.2) is 0 Å². The van der Waals surface area contributed by atoms with Gasteiger partial charge in [-0.15, -0.1) is 0 Å². The van der Waals surface area contributed by atoms with Gasteiger partial charge in [0.2, 0.25) is 0 Å². The molecule has 0 saturated heterocycles. The Morgan fingerprint density at radius 3 is 2.39 bits per heavy atom. The average molecular weight is 502 g/mol. The molecule has 0 bridgehead atoms. The average Bonchev–Trinajstić information content (AvgIpc) is 3.32. The Morgan fingerprint density at radius 2 is 1.70 bits per heavy atom. The molecule has 2 N–H and O–H groups in total. The van der Waals surface area contributed by atoms with Gasteiger partial charge in [-0.3, -0.25) is 9.89 Å². The smallest absolute Gasteiger partial charge is 0.273 e. The number of fused-ring (bicyclic) bond motifs is 1. The van der Waals surface area contributed by atoms with Crippen molar-refractivity contribution in [1.82, 2.24) is 15.1 Å². The molecule has 0 aliphatic carbocycles. The summed E-state index contributed by atoms with van der Waals surface area (Å²) >= 11 is 3.51. The number of phenols is 1. The van der Waals surface area contributed by atoms with Gasteiger partial charge < -0.3 is 10.0 Å². The number of aromatic hydroxyl groups is 1. The zero-order chi connectivity index (χ0) is 23.3. The molecule has 0 spiro atoms. The Kier molecular flexibility index (Phi) is 5.33. The van der Waals surface area contributed by atoms with Crippen LogP contribution in [0.3, 0.4) is 0 Å². The van der Waals surface area contributed by atoms with Crippen LogP contribution in [-0.2, 0) is 6.54 Å². The number of rotatable bonds is 4. The lowest BCUT2D eigenvalue weighted by Crippen LogP contribution is -2.29. The second kappa shape index (κ2) is 8.19. The predicted molar refractivity (Wildman–Crippen MR) is 132 cm³/mol. The molecule has 3 aromatic carbocycles. The first-order valence-corrected chi connectivity index (χ1v) is 11.6. The van der Waals surface area contributed by atoms with Crippen LogP contribution in [0.5, 0.6) is 5.75 Å². The molecule has 5 nitrogen and oxygen atoms in total. The van der Waals surface area contributed by atoms with E-state index in [0.717, 1.165) is 32.3 Å². The van der Waals surface area contributed by atoms with Crippen molar-refractivity contribution in [3.8, 4) is 17.0 Å². The van der Waals surface area contributed by atoms with Crippen molar-refractivity contribution >= 4 is 21.8 Å². The van der Waals surface area contributed by atoms with Crippen LogP contribution in [0.25, 0.3) is 11.3 Å². The van der Waals surface area contributed by atoms with E-state index in [-0.39, 0.29) is 17.7 Å². The van der Waals surface area contributed by atoms with E-state index in [9.17, 15) is 9.90 Å². The zero-order valence-electron chi connectivity index (χ0n) is 18.7. The molecule has 1 aromatic heterocycles. The molecular weight excluding hydrogens is 478 g/mol. The molecule has 2 heterocycles. The maximum absolute atomic E-state index is 13.6. The van der Waals surface area contributed by atoms with E-state index >= 15 is 0 Å². The number of halogens is 1. The Balaban J connectivity index is 1.67. The third kappa shape index (κ3) is 3.74. The molecule has 1 aliphatic rings. The van der Waals surface area contributed by atoms with E-state index in [1.165, 1.54) is 5.56 Å². The highest BCUT2D eigenvalue weighted by atomic mass is 79.9. The Hall–Kier alpha value is -3.38. The number of aromatic amines is 1. The summed E-state index contributed by atoms with van der Waals surface area (Å²) in [7, 11) is 0. The third-order valence-corrected chi connectivity index (χ3v) is 6.75. The van der Waals surface area contributed by atoms with Crippen LogP contribution in [0.4, 0.5) is 0 Å². The number of hydrogen-bond donors (Lipinski definition) is 2. The standard InChI is InChI=1S/C27H24BrN3O2/c1-15-4-6-18(7-5-15)14-31-25(19-8-10-20(28)11-9-19)22-23(29-30-24(22)27(31)33)21-13-16(2)12-17(3)26(21)32/h4-13,25,32H,14H2,1-3H3,(H,29,30). The zero-order valence-corrected chi connectivity index (χ0v) is 20.3. The molecule has 1 unspecified atom stereocenters. The van der Waals surface area contributed by atoms with Crippen LogP contribution in [0.2, 0.25) is 0 Å². The fourth-order valence-corrected chi connectivity index (χ4v) is 4.85. The summed E-state index contributed by atoms with van der Waals surface area (Å²) in [5.74, 6) is 0.0926. The molecule has 4 aromatic rings. The fraction of sp³-hybridized carbons (Fsp3) is 0.185. The number of amides is 1. The molecule has 0 radical (unpaired) electrons. The summed E-state index contributed by atoms with van der Waals surface area (Å²) in [6.07, 6.45) is 0. The van der Waals surface area contributed by atoms with Crippen LogP contribution in [0, 0.1) is 20.8 Å². The molecular formula is C27H24BrN3O2. The van der Waals surface area contributed by atoms with Crippen molar-refractivity contribution in [3.63, 3.8) is 0 Å². The first-order valence-electron chi connectivity index (χ1n) is 10.8. The molecule has 5 rings (SSSR count). The Labute approximate surface area is 201 Å². The summed E-state index contributed by atoms with van der Waals surface area (Å²) in [6, 6.07) is 19.8. The molecule has 1 aliphatic heterocycles. The quantitative estimate of drug-likeness (QED) is 0.348. The molecule has 0 saturated carbocycles. The highest BCUT2D eigenvalue weighted by molar-refractivity contribution is 9.10. The van der Waals surface area contributed by atoms with E-state index in [4.69, 9.17) is 0 Å². The lowest BCUT2D eigenvalue weighted by molar-refractivity contribution is 0.0730. The Morgan fingerprint density at radius 1 is 1.00 bits per heavy atom. The molecule has 6 heteroatoms. The van der Waals surface area contributed by atoms with Crippen LogP contribution in [0.15, 0.2) is 65.1 Å². The van der Waals surface area contributed by atoms with Crippen molar-refractivity contribution in [2.75, 3.05) is 0 Å². The topological polar surface area (TPSA) is 69.2 Å². The van der Waals surface area contributed by atoms with Crippen LogP contribution in [0.1, 0.15) is 49.9 Å². The minimum Gasteiger partial charge on any atom is -0.507 e. The van der Waals surface area contributed by atoms with Crippen LogP contribution >= 0.6 is 15.9 Å². The number of aryl methyl sites for hydroxylation is 3. The number of phenolic OH excluding ortho intramolecular Hbond substituents is 1. The highest BCUT2D eigenvalue weighted by Gasteiger charge is 2.42. The van der Waals surface area contributed by atoms with Gasteiger partial charge in [0.05, 0.1) is 6.04 Å². The summed E-state index contributed by atoms with van der Waals surface area (Å²) < 4.78 is 0.972. The normalized spacial score (nSPS) is 15.2. The number of aromatic nitrogens is 2. The van der Waals surface area contributed by atoms with Gasteiger partial charge in [0.25, 0.3) is 5.91 Å². The highest BCUT2D eigenvalue weighted by Crippen LogP contribution is 2.45. The van der Waals surface area contributed by atoms with Crippen molar-refractivity contribution in [1.29, 1.82) is 0 Å². The minimum absolute atomic E-state index is 0.0962. The summed E-state index contributed by atoms with van der Waals surface area (Å²) in [5, 5.41) is 18.3. The number of benzene rings is 3. The van der Waals surface area contributed by atoms with Gasteiger partial charge in [-0.2, -0.15) is 5.10 Å². The first-order chi connectivity index (χ1) is 15.8. The number of H-pyrrole nitrogens is 1. The van der Waals surface area contributed by atoms with E-state index in [2.05, 4.69) is 57.3 Å². The van der Waals surface area contributed by atoms with E-state index in [0.29, 0.717) is 23.5 Å². The second-order valence-corrected chi connectivity index (χ2v) is 9.63. The van der Waals surface area contributed by atoms with Gasteiger partial charge in [0, 0.05) is 22.1 Å². The molecule has 0 fully saturated rings. The van der Waals surface area contributed by atoms with Crippen molar-refractivity contribution in [2.24, 2.45) is 0 Å². The maximum Gasteiger partial charge on any atom is 0.273 e. The van der Waals surface area contributed by atoms with Crippen molar-refractivity contribution in [2.45, 2.75) is 33.4 Å². The molecule has 1 atom stereocenters. The second-order valence-electron chi connectivity index (χ2n) is 8.71. The largest absolute Gasteiger partial charge is 0.507 e. The van der Waals surface area contributed by atoms with E-state index in [1.54, 1.807) is 0 Å². The Bertz CT molecular complexity index is 1360. The van der Waals surface area contributed by atoms with Crippen molar-refractivity contribution in [3.05, 3.63) is 104 Å². The lowest BCUT2D eigenvalue weighted by Gasteiger charge is -2.27. The van der Waals surface area contributed by atoms with Gasteiger partial charge >= 0.3 is 0 Å². The third-order valence-electron chi connectivity index (χ3n) is 6.22. The monoisotopic (exact) mass is 501 g/mol. The number of carbonyl (C=O) groups is 1. The van der Waals surface area contributed by atoms with Gasteiger partial charge in [-0.1, -0.05) is 64.0 Å². The summed E-state index contributed by atoms with van der Waals surface area (Å²) in [6.45, 7) is 6.39. The van der Waals surface area contributed by atoms with Gasteiger partial charge in [0.15, 0.2) is 0 Å². The molecule has 33 heavy (non-hydrogen) atoms. The number of carbonyl (C=O) groups excluding carboxylic acids is 1.